The number of halogens is 2. The van der Waals surface area contributed by atoms with Crippen LogP contribution in [0.15, 0.2) is 33.9 Å². The number of anilines is 1. The Bertz CT molecular complexity index is 1390. The summed E-state index contributed by atoms with van der Waals surface area (Å²) in [5.41, 5.74) is 4.92. The lowest BCUT2D eigenvalue weighted by Crippen LogP contribution is -2.38. The molecule has 0 radical (unpaired) electrons. The fourth-order valence-electron chi connectivity index (χ4n) is 4.59. The second-order valence-corrected chi connectivity index (χ2v) is 10.4. The number of rotatable bonds is 8. The van der Waals surface area contributed by atoms with E-state index in [9.17, 15) is 9.18 Å². The van der Waals surface area contributed by atoms with Crippen molar-refractivity contribution in [2.45, 2.75) is 37.2 Å². The summed E-state index contributed by atoms with van der Waals surface area (Å²) >= 11 is 1.39. The summed E-state index contributed by atoms with van der Waals surface area (Å²) in [6.45, 7) is 3.75. The zero-order valence-corrected chi connectivity index (χ0v) is 20.9. The molecule has 0 spiro atoms. The van der Waals surface area contributed by atoms with Crippen molar-refractivity contribution in [1.29, 1.82) is 0 Å². The molecule has 1 saturated carbocycles. The van der Waals surface area contributed by atoms with Gasteiger partial charge in [-0.05, 0) is 19.4 Å². The van der Waals surface area contributed by atoms with Crippen molar-refractivity contribution in [2.24, 2.45) is 16.6 Å². The number of hydrogen-bond acceptors (Lipinski definition) is 11. The summed E-state index contributed by atoms with van der Waals surface area (Å²) in [6.07, 6.45) is 3.12. The van der Waals surface area contributed by atoms with Crippen LogP contribution >= 0.6 is 11.8 Å². The standard InChI is InChI=1S/C23H23F2N7O4S/c1-11-31-32-18(36-11)9-35-17-8-27-15(7-28-17)20(33)29-12-4-13(19(25)14(24)5-12)22(2)16-6-23(16,10-34-3)37-21(26)30-22/h4-5,7-8,16H,6,9-10H2,1-3H3,(H2,26,30)(H,29,33)/t16-,22-,23+/m0/s1. The number of nitrogens with two attached hydrogens (primary N) is 1. The van der Waals surface area contributed by atoms with E-state index in [1.165, 1.54) is 30.2 Å². The molecule has 3 N–H and O–H groups in total. The second-order valence-electron chi connectivity index (χ2n) is 8.97. The number of aryl methyl sites for hydroxylation is 1. The Labute approximate surface area is 214 Å². The number of hydrogen-bond donors (Lipinski definition) is 2. The molecule has 14 heteroatoms. The topological polar surface area (TPSA) is 151 Å². The second kappa shape index (κ2) is 9.34. The molecule has 1 aliphatic heterocycles. The van der Waals surface area contributed by atoms with E-state index in [0.717, 1.165) is 6.07 Å². The van der Waals surface area contributed by atoms with Gasteiger partial charge in [-0.2, -0.15) is 0 Å². The summed E-state index contributed by atoms with van der Waals surface area (Å²) < 4.78 is 45.3. The molecule has 3 atom stereocenters. The minimum atomic E-state index is -1.13. The average molecular weight is 532 g/mol. The first kappa shape index (κ1) is 25.0. The first-order chi connectivity index (χ1) is 17.6. The highest BCUT2D eigenvalue weighted by atomic mass is 32.2. The molecule has 194 valence electrons. The number of nitrogens with one attached hydrogen (secondary N) is 1. The van der Waals surface area contributed by atoms with E-state index in [-0.39, 0.29) is 51.2 Å². The summed E-state index contributed by atoms with van der Waals surface area (Å²) in [7, 11) is 1.58. The fourth-order valence-corrected chi connectivity index (χ4v) is 6.04. The molecular formula is C23H23F2N7O4S. The summed E-state index contributed by atoms with van der Waals surface area (Å²) in [5, 5.41) is 10.3. The number of aliphatic imine (C=N–C) groups is 1. The van der Waals surface area contributed by atoms with Gasteiger partial charge < -0.3 is 24.9 Å². The Kier molecular flexibility index (Phi) is 6.31. The molecule has 0 bridgehead atoms. The minimum absolute atomic E-state index is 0.000113. The predicted octanol–water partition coefficient (Wildman–Crippen LogP) is 2.96. The minimum Gasteiger partial charge on any atom is -0.466 e. The van der Waals surface area contributed by atoms with Crippen molar-refractivity contribution < 1.29 is 27.5 Å². The molecule has 3 heterocycles. The van der Waals surface area contributed by atoms with Crippen LogP contribution in [0.25, 0.3) is 0 Å². The van der Waals surface area contributed by atoms with Crippen LogP contribution in [0.4, 0.5) is 14.5 Å². The summed E-state index contributed by atoms with van der Waals surface area (Å²) in [5.74, 6) is -2.16. The molecule has 2 aliphatic rings. The third kappa shape index (κ3) is 4.73. The molecule has 3 aromatic rings. The van der Waals surface area contributed by atoms with Crippen molar-refractivity contribution in [1.82, 2.24) is 20.2 Å². The van der Waals surface area contributed by atoms with Gasteiger partial charge in [-0.25, -0.2) is 18.7 Å². The number of thioether (sulfide) groups is 1. The molecule has 0 unspecified atom stereocenters. The lowest BCUT2D eigenvalue weighted by molar-refractivity contribution is 0.102. The van der Waals surface area contributed by atoms with E-state index in [1.807, 2.05) is 0 Å². The zero-order valence-electron chi connectivity index (χ0n) is 20.1. The molecule has 37 heavy (non-hydrogen) atoms. The van der Waals surface area contributed by atoms with Gasteiger partial charge in [0.05, 0.1) is 29.3 Å². The van der Waals surface area contributed by atoms with Crippen LogP contribution in [0.5, 0.6) is 5.88 Å². The van der Waals surface area contributed by atoms with E-state index >= 15 is 4.39 Å². The third-order valence-electron chi connectivity index (χ3n) is 6.35. The van der Waals surface area contributed by atoms with E-state index < -0.39 is 23.1 Å². The highest BCUT2D eigenvalue weighted by Crippen LogP contribution is 2.66. The Morgan fingerprint density at radius 1 is 1.30 bits per heavy atom. The molecular weight excluding hydrogens is 508 g/mol. The summed E-state index contributed by atoms with van der Waals surface area (Å²) in [6, 6.07) is 2.27. The number of benzene rings is 1. The van der Waals surface area contributed by atoms with Crippen molar-refractivity contribution in [3.63, 3.8) is 0 Å². The SMILES string of the molecule is COC[C@]12C[C@H]1[C@](C)(c1cc(NC(=O)c3cnc(OCc4nnc(C)o4)cn3)cc(F)c1F)N=C(N)S2. The largest absolute Gasteiger partial charge is 0.466 e. The molecule has 1 aliphatic carbocycles. The lowest BCUT2D eigenvalue weighted by atomic mass is 9.85. The lowest BCUT2D eigenvalue weighted by Gasteiger charge is -2.34. The van der Waals surface area contributed by atoms with Crippen LogP contribution in [-0.4, -0.2) is 49.7 Å². The van der Waals surface area contributed by atoms with Gasteiger partial charge in [0.15, 0.2) is 23.4 Å². The predicted molar refractivity (Wildman–Crippen MR) is 129 cm³/mol. The number of carbonyl (C=O) groups is 1. The van der Waals surface area contributed by atoms with Crippen molar-refractivity contribution >= 4 is 28.5 Å². The zero-order chi connectivity index (χ0) is 26.4. The summed E-state index contributed by atoms with van der Waals surface area (Å²) in [4.78, 5) is 25.3. The third-order valence-corrected chi connectivity index (χ3v) is 7.62. The number of fused-ring (bicyclic) bond motifs is 1. The van der Waals surface area contributed by atoms with E-state index in [4.69, 9.17) is 19.6 Å². The first-order valence-corrected chi connectivity index (χ1v) is 12.0. The van der Waals surface area contributed by atoms with Crippen LogP contribution in [0.1, 0.15) is 41.2 Å². The van der Waals surface area contributed by atoms with Gasteiger partial charge in [-0.15, -0.1) is 10.2 Å². The van der Waals surface area contributed by atoms with Crippen LogP contribution < -0.4 is 15.8 Å². The van der Waals surface area contributed by atoms with Crippen molar-refractivity contribution in [2.75, 3.05) is 19.0 Å². The van der Waals surface area contributed by atoms with Crippen molar-refractivity contribution in [3.8, 4) is 5.88 Å². The Morgan fingerprint density at radius 3 is 2.78 bits per heavy atom. The monoisotopic (exact) mass is 531 g/mol. The fraction of sp³-hybridized carbons (Fsp3) is 0.391. The van der Waals surface area contributed by atoms with Gasteiger partial charge in [0.1, 0.15) is 5.69 Å². The molecule has 2 aromatic heterocycles. The van der Waals surface area contributed by atoms with Crippen molar-refractivity contribution in [3.05, 3.63) is 59.2 Å². The Hall–Kier alpha value is -3.65. The van der Waals surface area contributed by atoms with E-state index in [0.29, 0.717) is 18.9 Å². The first-order valence-electron chi connectivity index (χ1n) is 11.2. The average Bonchev–Trinajstić information content (AvgIpc) is 3.42. The number of ether oxygens (including phenoxy) is 2. The number of methoxy groups -OCH3 is 1. The molecule has 11 nitrogen and oxygen atoms in total. The maximum Gasteiger partial charge on any atom is 0.275 e. The number of amidine groups is 1. The molecule has 1 amide bonds. The highest BCUT2D eigenvalue weighted by molar-refractivity contribution is 8.15. The quantitative estimate of drug-likeness (QED) is 0.444. The number of aromatic nitrogens is 4. The van der Waals surface area contributed by atoms with Crippen LogP contribution in [0.2, 0.25) is 0 Å². The number of nitrogens with zero attached hydrogens (tertiary/aromatic N) is 5. The van der Waals surface area contributed by atoms with E-state index in [1.54, 1.807) is 21.0 Å². The molecule has 1 aromatic carbocycles. The van der Waals surface area contributed by atoms with Gasteiger partial charge in [-0.3, -0.25) is 9.79 Å². The Balaban J connectivity index is 1.33. The number of carbonyl (C=O) groups excluding carboxylic acids is 1. The van der Waals surface area contributed by atoms with E-state index in [2.05, 4.69) is 30.5 Å². The maximum atomic E-state index is 15.1. The number of amides is 1. The molecule has 5 rings (SSSR count). The van der Waals surface area contributed by atoms with Gasteiger partial charge in [0, 0.05) is 37.3 Å². The Morgan fingerprint density at radius 2 is 2.11 bits per heavy atom. The van der Waals surface area contributed by atoms with Crippen LogP contribution in [0, 0.1) is 24.5 Å². The smallest absolute Gasteiger partial charge is 0.275 e. The molecule has 1 fully saturated rings. The highest BCUT2D eigenvalue weighted by Gasteiger charge is 2.66. The van der Waals surface area contributed by atoms with Crippen LogP contribution in [0.3, 0.4) is 0 Å². The van der Waals surface area contributed by atoms with Crippen LogP contribution in [-0.2, 0) is 16.9 Å². The maximum absolute atomic E-state index is 15.1. The normalized spacial score (nSPS) is 24.2. The van der Waals surface area contributed by atoms with Gasteiger partial charge in [0.2, 0.25) is 11.8 Å². The van der Waals surface area contributed by atoms with Gasteiger partial charge in [0.25, 0.3) is 11.8 Å². The van der Waals surface area contributed by atoms with Gasteiger partial charge >= 0.3 is 0 Å². The molecule has 0 saturated heterocycles. The van der Waals surface area contributed by atoms with Gasteiger partial charge in [-0.1, -0.05) is 11.8 Å².